The lowest BCUT2D eigenvalue weighted by Gasteiger charge is -2.31. The van der Waals surface area contributed by atoms with Crippen LogP contribution in [-0.4, -0.2) is 34.1 Å². The number of hydrogen-bond acceptors (Lipinski definition) is 5. The Morgan fingerprint density at radius 1 is 1.29 bits per heavy atom. The van der Waals surface area contributed by atoms with E-state index < -0.39 is 5.97 Å². The zero-order valence-corrected chi connectivity index (χ0v) is 14.1. The number of aryl methyl sites for hydroxylation is 1. The molecule has 6 nitrogen and oxygen atoms in total. The number of halogens is 1. The van der Waals surface area contributed by atoms with Gasteiger partial charge in [0.15, 0.2) is 0 Å². The molecular weight excluding hydrogens is 328 g/mol. The first-order valence-corrected chi connectivity index (χ1v) is 8.26. The minimum atomic E-state index is -0.713. The molecule has 0 saturated carbocycles. The van der Waals surface area contributed by atoms with E-state index in [4.69, 9.17) is 16.7 Å². The molecule has 24 heavy (non-hydrogen) atoms. The minimum absolute atomic E-state index is 0.259. The second kappa shape index (κ2) is 7.05. The molecule has 2 aromatic rings. The molecule has 2 heterocycles. The van der Waals surface area contributed by atoms with Gasteiger partial charge in [0.25, 0.3) is 0 Å². The second-order valence-electron chi connectivity index (χ2n) is 5.90. The van der Waals surface area contributed by atoms with Gasteiger partial charge in [0.2, 0.25) is 5.95 Å². The van der Waals surface area contributed by atoms with E-state index in [1.54, 1.807) is 6.07 Å². The van der Waals surface area contributed by atoms with E-state index in [-0.39, 0.29) is 5.92 Å². The fourth-order valence-electron chi connectivity index (χ4n) is 2.81. The van der Waals surface area contributed by atoms with Crippen LogP contribution in [0.2, 0.25) is 5.02 Å². The molecule has 1 aromatic heterocycles. The molecule has 1 aliphatic heterocycles. The van der Waals surface area contributed by atoms with Crippen LogP contribution < -0.4 is 10.2 Å². The highest BCUT2D eigenvalue weighted by Crippen LogP contribution is 2.26. The summed E-state index contributed by atoms with van der Waals surface area (Å²) in [6, 6.07) is 9.34. The quantitative estimate of drug-likeness (QED) is 0.882. The van der Waals surface area contributed by atoms with Gasteiger partial charge in [0, 0.05) is 24.8 Å². The van der Waals surface area contributed by atoms with Crippen LogP contribution in [0.1, 0.15) is 18.5 Å². The number of benzene rings is 1. The van der Waals surface area contributed by atoms with Crippen LogP contribution in [0.4, 0.5) is 17.5 Å². The summed E-state index contributed by atoms with van der Waals surface area (Å²) in [5.41, 5.74) is 1.59. The molecule has 0 atom stereocenters. The Balaban J connectivity index is 1.77. The van der Waals surface area contributed by atoms with E-state index in [2.05, 4.69) is 20.2 Å². The maximum atomic E-state index is 11.1. The van der Waals surface area contributed by atoms with Gasteiger partial charge in [0.1, 0.15) is 5.82 Å². The van der Waals surface area contributed by atoms with Gasteiger partial charge >= 0.3 is 5.97 Å². The third-order valence-corrected chi connectivity index (χ3v) is 4.46. The molecule has 3 rings (SSSR count). The zero-order chi connectivity index (χ0) is 17.1. The predicted octanol–water partition coefficient (Wildman–Crippen LogP) is 3.48. The van der Waals surface area contributed by atoms with Gasteiger partial charge < -0.3 is 15.3 Å². The van der Waals surface area contributed by atoms with Crippen molar-refractivity contribution in [2.75, 3.05) is 23.3 Å². The van der Waals surface area contributed by atoms with Crippen molar-refractivity contribution >= 4 is 35.0 Å². The van der Waals surface area contributed by atoms with Crippen molar-refractivity contribution in [1.29, 1.82) is 0 Å². The molecule has 7 heteroatoms. The van der Waals surface area contributed by atoms with Crippen LogP contribution in [0.5, 0.6) is 0 Å². The van der Waals surface area contributed by atoms with Crippen LogP contribution in [0.3, 0.4) is 0 Å². The molecule has 1 saturated heterocycles. The predicted molar refractivity (Wildman–Crippen MR) is 94.1 cm³/mol. The van der Waals surface area contributed by atoms with Crippen molar-refractivity contribution in [3.8, 4) is 0 Å². The number of para-hydroxylation sites is 1. The monoisotopic (exact) mass is 346 g/mol. The molecule has 0 bridgehead atoms. The number of rotatable bonds is 4. The number of aliphatic carboxylic acids is 1. The molecule has 0 radical (unpaired) electrons. The van der Waals surface area contributed by atoms with Crippen molar-refractivity contribution in [3.63, 3.8) is 0 Å². The van der Waals surface area contributed by atoms with Crippen LogP contribution in [0, 0.1) is 12.8 Å². The van der Waals surface area contributed by atoms with Crippen molar-refractivity contribution < 1.29 is 9.90 Å². The Kier molecular flexibility index (Phi) is 4.85. The Labute approximate surface area is 145 Å². The van der Waals surface area contributed by atoms with Gasteiger partial charge in [-0.2, -0.15) is 4.98 Å². The minimum Gasteiger partial charge on any atom is -0.481 e. The smallest absolute Gasteiger partial charge is 0.306 e. The molecule has 0 spiro atoms. The number of hydrogen-bond donors (Lipinski definition) is 2. The van der Waals surface area contributed by atoms with Crippen LogP contribution >= 0.6 is 11.6 Å². The maximum absolute atomic E-state index is 11.1. The largest absolute Gasteiger partial charge is 0.481 e. The van der Waals surface area contributed by atoms with E-state index in [1.165, 1.54) is 0 Å². The van der Waals surface area contributed by atoms with Crippen LogP contribution in [0.15, 0.2) is 30.3 Å². The SMILES string of the molecule is Cc1cc(N2CCC(C(=O)O)CC2)nc(Nc2ccccc2Cl)n1. The Morgan fingerprint density at radius 2 is 2.00 bits per heavy atom. The number of piperidine rings is 1. The summed E-state index contributed by atoms with van der Waals surface area (Å²) in [7, 11) is 0. The molecule has 1 aromatic carbocycles. The molecule has 2 N–H and O–H groups in total. The van der Waals surface area contributed by atoms with Gasteiger partial charge in [0.05, 0.1) is 16.6 Å². The van der Waals surface area contributed by atoms with E-state index in [0.717, 1.165) is 17.2 Å². The normalized spacial score (nSPS) is 15.3. The third-order valence-electron chi connectivity index (χ3n) is 4.13. The fourth-order valence-corrected chi connectivity index (χ4v) is 2.99. The van der Waals surface area contributed by atoms with E-state index in [0.29, 0.717) is 36.9 Å². The molecule has 0 aliphatic carbocycles. The van der Waals surface area contributed by atoms with Crippen molar-refractivity contribution in [2.45, 2.75) is 19.8 Å². The second-order valence-corrected chi connectivity index (χ2v) is 6.30. The number of anilines is 3. The zero-order valence-electron chi connectivity index (χ0n) is 13.4. The number of nitrogens with one attached hydrogen (secondary N) is 1. The van der Waals surface area contributed by atoms with Gasteiger partial charge in [-0.25, -0.2) is 4.98 Å². The Morgan fingerprint density at radius 3 is 2.67 bits per heavy atom. The Hall–Kier alpha value is -2.34. The highest BCUT2D eigenvalue weighted by Gasteiger charge is 2.25. The average Bonchev–Trinajstić information content (AvgIpc) is 2.56. The van der Waals surface area contributed by atoms with E-state index >= 15 is 0 Å². The summed E-state index contributed by atoms with van der Waals surface area (Å²) in [4.78, 5) is 22.1. The lowest BCUT2D eigenvalue weighted by molar-refractivity contribution is -0.142. The molecule has 126 valence electrons. The summed E-state index contributed by atoms with van der Waals surface area (Å²) in [5.74, 6) is 0.318. The number of nitrogens with zero attached hydrogens (tertiary/aromatic N) is 3. The number of aromatic nitrogens is 2. The molecule has 1 fully saturated rings. The number of carboxylic acid groups (broad SMARTS) is 1. The molecular formula is C17H19ClN4O2. The molecule has 0 amide bonds. The fraction of sp³-hybridized carbons (Fsp3) is 0.353. The van der Waals surface area contributed by atoms with E-state index in [1.807, 2.05) is 31.2 Å². The van der Waals surface area contributed by atoms with Crippen molar-refractivity contribution in [1.82, 2.24) is 9.97 Å². The Bertz CT molecular complexity index is 745. The summed E-state index contributed by atoms with van der Waals surface area (Å²) < 4.78 is 0. The van der Waals surface area contributed by atoms with Crippen molar-refractivity contribution in [2.24, 2.45) is 5.92 Å². The van der Waals surface area contributed by atoms with Crippen LogP contribution in [0.25, 0.3) is 0 Å². The summed E-state index contributed by atoms with van der Waals surface area (Å²) in [6.07, 6.45) is 1.26. The summed E-state index contributed by atoms with van der Waals surface area (Å²) >= 11 is 6.16. The van der Waals surface area contributed by atoms with Gasteiger partial charge in [-0.05, 0) is 31.9 Å². The van der Waals surface area contributed by atoms with E-state index in [9.17, 15) is 4.79 Å². The number of carboxylic acids is 1. The van der Waals surface area contributed by atoms with Crippen molar-refractivity contribution in [3.05, 3.63) is 41.0 Å². The summed E-state index contributed by atoms with van der Waals surface area (Å²) in [6.45, 7) is 3.27. The first-order valence-electron chi connectivity index (χ1n) is 7.88. The highest BCUT2D eigenvalue weighted by molar-refractivity contribution is 6.33. The maximum Gasteiger partial charge on any atom is 0.306 e. The van der Waals surface area contributed by atoms with Crippen LogP contribution in [-0.2, 0) is 4.79 Å². The third kappa shape index (κ3) is 3.76. The number of carbonyl (C=O) groups is 1. The first kappa shape index (κ1) is 16.5. The van der Waals surface area contributed by atoms with Gasteiger partial charge in [-0.3, -0.25) is 4.79 Å². The molecule has 0 unspecified atom stereocenters. The lowest BCUT2D eigenvalue weighted by atomic mass is 9.97. The standard InChI is InChI=1S/C17H19ClN4O2/c1-11-10-15(22-8-6-12(7-9-22)16(23)24)21-17(19-11)20-14-5-3-2-4-13(14)18/h2-5,10,12H,6-9H2,1H3,(H,23,24)(H,19,20,21). The van der Waals surface area contributed by atoms with Gasteiger partial charge in [-0.1, -0.05) is 23.7 Å². The first-order chi connectivity index (χ1) is 11.5. The lowest BCUT2D eigenvalue weighted by Crippen LogP contribution is -2.36. The van der Waals surface area contributed by atoms with Gasteiger partial charge in [-0.15, -0.1) is 0 Å². The average molecular weight is 347 g/mol. The highest BCUT2D eigenvalue weighted by atomic mass is 35.5. The molecule has 1 aliphatic rings. The topological polar surface area (TPSA) is 78.4 Å². The summed E-state index contributed by atoms with van der Waals surface area (Å²) in [5, 5.41) is 12.9.